The van der Waals surface area contributed by atoms with Crippen LogP contribution >= 0.6 is 15.9 Å². The first-order valence-corrected chi connectivity index (χ1v) is 6.67. The lowest BCUT2D eigenvalue weighted by atomic mass is 10.2. The molecule has 6 heteroatoms. The fourth-order valence-electron chi connectivity index (χ4n) is 1.83. The summed E-state index contributed by atoms with van der Waals surface area (Å²) < 4.78 is 2.24. The van der Waals surface area contributed by atoms with E-state index in [1.54, 1.807) is 12.3 Å². The number of aromatic nitrogens is 2. The van der Waals surface area contributed by atoms with Gasteiger partial charge in [-0.25, -0.2) is 4.79 Å². The van der Waals surface area contributed by atoms with Crippen LogP contribution in [-0.4, -0.2) is 9.55 Å². The van der Waals surface area contributed by atoms with Crippen LogP contribution in [0.1, 0.15) is 18.1 Å². The fourth-order valence-corrected chi connectivity index (χ4v) is 2.22. The molecule has 0 radical (unpaired) electrons. The van der Waals surface area contributed by atoms with Gasteiger partial charge in [-0.15, -0.1) is 0 Å². The van der Waals surface area contributed by atoms with Gasteiger partial charge >= 0.3 is 5.69 Å². The van der Waals surface area contributed by atoms with Crippen LogP contribution in [0.3, 0.4) is 0 Å². The summed E-state index contributed by atoms with van der Waals surface area (Å²) in [6.07, 6.45) is 2.17. The highest BCUT2D eigenvalue weighted by atomic mass is 79.9. The predicted octanol–water partition coefficient (Wildman–Crippen LogP) is 1.49. The van der Waals surface area contributed by atoms with Gasteiger partial charge in [-0.1, -0.05) is 19.1 Å². The highest BCUT2D eigenvalue weighted by molar-refractivity contribution is 9.10. The summed E-state index contributed by atoms with van der Waals surface area (Å²) in [5, 5.41) is 0. The van der Waals surface area contributed by atoms with Crippen molar-refractivity contribution < 1.29 is 0 Å². The van der Waals surface area contributed by atoms with Crippen molar-refractivity contribution in [3.05, 3.63) is 60.8 Å². The number of aryl methyl sites for hydroxylation is 1. The Hall–Kier alpha value is -1.82. The number of nitrogens with one attached hydrogen (secondary N) is 1. The van der Waals surface area contributed by atoms with E-state index in [0.717, 1.165) is 10.0 Å². The Morgan fingerprint density at radius 1 is 1.32 bits per heavy atom. The molecule has 0 atom stereocenters. The first-order chi connectivity index (χ1) is 9.02. The molecule has 100 valence electrons. The summed E-state index contributed by atoms with van der Waals surface area (Å²) in [7, 11) is 0. The average molecular weight is 324 g/mol. The third-order valence-electron chi connectivity index (χ3n) is 2.91. The van der Waals surface area contributed by atoms with E-state index in [1.165, 1.54) is 4.57 Å². The largest absolute Gasteiger partial charge is 0.398 e. The van der Waals surface area contributed by atoms with Crippen LogP contribution in [0.4, 0.5) is 5.69 Å². The maximum atomic E-state index is 11.8. The predicted molar refractivity (Wildman–Crippen MR) is 78.4 cm³/mol. The lowest BCUT2D eigenvalue weighted by Gasteiger charge is -2.10. The molecule has 0 fully saturated rings. The van der Waals surface area contributed by atoms with Gasteiger partial charge in [0.15, 0.2) is 0 Å². The first kappa shape index (κ1) is 13.6. The maximum absolute atomic E-state index is 11.8. The molecule has 3 N–H and O–H groups in total. The van der Waals surface area contributed by atoms with Gasteiger partial charge in [0.1, 0.15) is 0 Å². The van der Waals surface area contributed by atoms with Crippen molar-refractivity contribution in [3.63, 3.8) is 0 Å². The van der Waals surface area contributed by atoms with Gasteiger partial charge in [-0.05, 0) is 34.0 Å². The summed E-state index contributed by atoms with van der Waals surface area (Å²) >= 11 is 3.40. The fraction of sp³-hybridized carbons (Fsp3) is 0.231. The molecule has 5 nitrogen and oxygen atoms in total. The maximum Gasteiger partial charge on any atom is 0.328 e. The number of hydrogen-bond acceptors (Lipinski definition) is 3. The number of anilines is 1. The summed E-state index contributed by atoms with van der Waals surface area (Å²) in [5.74, 6) is 0. The zero-order chi connectivity index (χ0) is 14.0. The van der Waals surface area contributed by atoms with Crippen LogP contribution in [0, 0.1) is 0 Å². The monoisotopic (exact) mass is 323 g/mol. The molecule has 0 saturated carbocycles. The second kappa shape index (κ2) is 5.44. The van der Waals surface area contributed by atoms with E-state index in [4.69, 9.17) is 5.73 Å². The second-order valence-electron chi connectivity index (χ2n) is 4.22. The van der Waals surface area contributed by atoms with Gasteiger partial charge in [-0.2, -0.15) is 0 Å². The molecule has 19 heavy (non-hydrogen) atoms. The van der Waals surface area contributed by atoms with E-state index >= 15 is 0 Å². The number of benzene rings is 1. The highest BCUT2D eigenvalue weighted by Crippen LogP contribution is 2.24. The number of halogens is 1. The Kier molecular flexibility index (Phi) is 3.90. The minimum Gasteiger partial charge on any atom is -0.398 e. The summed E-state index contributed by atoms with van der Waals surface area (Å²) in [5.41, 5.74) is 7.14. The van der Waals surface area contributed by atoms with Gasteiger partial charge in [0, 0.05) is 21.9 Å². The van der Waals surface area contributed by atoms with Crippen molar-refractivity contribution in [1.29, 1.82) is 0 Å². The summed E-state index contributed by atoms with van der Waals surface area (Å²) in [6, 6.07) is 5.48. The van der Waals surface area contributed by atoms with E-state index in [9.17, 15) is 9.59 Å². The molecule has 0 aliphatic rings. The molecule has 0 aliphatic heterocycles. The number of nitrogens with zero attached hydrogens (tertiary/aromatic N) is 1. The number of aromatic amines is 1. The Labute approximate surface area is 118 Å². The van der Waals surface area contributed by atoms with Gasteiger partial charge < -0.3 is 5.73 Å². The van der Waals surface area contributed by atoms with Crippen molar-refractivity contribution in [2.45, 2.75) is 19.9 Å². The molecule has 1 aromatic carbocycles. The van der Waals surface area contributed by atoms with E-state index in [1.807, 2.05) is 19.1 Å². The molecule has 0 spiro atoms. The Morgan fingerprint density at radius 2 is 2.05 bits per heavy atom. The molecular weight excluding hydrogens is 310 g/mol. The number of nitrogens with two attached hydrogens (primary N) is 1. The van der Waals surface area contributed by atoms with E-state index in [0.29, 0.717) is 24.2 Å². The third-order valence-corrected chi connectivity index (χ3v) is 3.88. The van der Waals surface area contributed by atoms with Gasteiger partial charge in [0.2, 0.25) is 0 Å². The lowest BCUT2D eigenvalue weighted by Crippen LogP contribution is -2.31. The molecule has 1 heterocycles. The number of rotatable bonds is 3. The van der Waals surface area contributed by atoms with Crippen molar-refractivity contribution in [2.75, 3.05) is 5.73 Å². The normalized spacial score (nSPS) is 10.6. The van der Waals surface area contributed by atoms with Crippen molar-refractivity contribution >= 4 is 21.6 Å². The van der Waals surface area contributed by atoms with Crippen LogP contribution in [-0.2, 0) is 13.0 Å². The molecule has 1 aromatic heterocycles. The molecule has 0 saturated heterocycles. The SMILES string of the molecule is CCc1cn(Cc2cccc(N)c2Br)c(=O)[nH]c1=O. The summed E-state index contributed by atoms with van der Waals surface area (Å²) in [6.45, 7) is 2.23. The molecule has 0 bridgehead atoms. The highest BCUT2D eigenvalue weighted by Gasteiger charge is 2.07. The topological polar surface area (TPSA) is 80.9 Å². The smallest absolute Gasteiger partial charge is 0.328 e. The van der Waals surface area contributed by atoms with Crippen molar-refractivity contribution in [1.82, 2.24) is 9.55 Å². The third kappa shape index (κ3) is 2.78. The Bertz CT molecular complexity index is 719. The van der Waals surface area contributed by atoms with Crippen LogP contribution in [0.5, 0.6) is 0 Å². The van der Waals surface area contributed by atoms with Gasteiger partial charge in [0.25, 0.3) is 5.56 Å². The van der Waals surface area contributed by atoms with Crippen LogP contribution in [0.25, 0.3) is 0 Å². The quantitative estimate of drug-likeness (QED) is 0.840. The Morgan fingerprint density at radius 3 is 2.74 bits per heavy atom. The molecule has 2 rings (SSSR count). The zero-order valence-corrected chi connectivity index (χ0v) is 12.0. The van der Waals surface area contributed by atoms with Crippen LogP contribution in [0.15, 0.2) is 38.5 Å². The first-order valence-electron chi connectivity index (χ1n) is 5.88. The number of hydrogen-bond donors (Lipinski definition) is 2. The standard InChI is InChI=1S/C13H14BrN3O2/c1-2-8-6-17(13(19)16-12(8)18)7-9-4-3-5-10(15)11(9)14/h3-6H,2,7,15H2,1H3,(H,16,18,19). The van der Waals surface area contributed by atoms with Gasteiger partial charge in [-0.3, -0.25) is 14.3 Å². The minimum atomic E-state index is -0.420. The number of nitrogen functional groups attached to an aromatic ring is 1. The van der Waals surface area contributed by atoms with Crippen molar-refractivity contribution in [2.24, 2.45) is 0 Å². The zero-order valence-electron chi connectivity index (χ0n) is 10.4. The van der Waals surface area contributed by atoms with E-state index < -0.39 is 5.69 Å². The van der Waals surface area contributed by atoms with E-state index in [2.05, 4.69) is 20.9 Å². The van der Waals surface area contributed by atoms with Crippen LogP contribution < -0.4 is 17.0 Å². The molecule has 2 aromatic rings. The lowest BCUT2D eigenvalue weighted by molar-refractivity contribution is 0.706. The number of H-pyrrole nitrogens is 1. The van der Waals surface area contributed by atoms with Gasteiger partial charge in [0.05, 0.1) is 6.54 Å². The Balaban J connectivity index is 2.47. The molecule has 0 unspecified atom stereocenters. The van der Waals surface area contributed by atoms with E-state index in [-0.39, 0.29) is 5.56 Å². The molecular formula is C13H14BrN3O2. The van der Waals surface area contributed by atoms with Crippen LogP contribution in [0.2, 0.25) is 0 Å². The van der Waals surface area contributed by atoms with Crippen molar-refractivity contribution in [3.8, 4) is 0 Å². The minimum absolute atomic E-state index is 0.324. The average Bonchev–Trinajstić information content (AvgIpc) is 2.38. The second-order valence-corrected chi connectivity index (χ2v) is 5.01. The summed E-state index contributed by atoms with van der Waals surface area (Å²) in [4.78, 5) is 25.6. The molecule has 0 aliphatic carbocycles. The molecule has 0 amide bonds.